The summed E-state index contributed by atoms with van der Waals surface area (Å²) in [6.45, 7) is 15.5. The van der Waals surface area contributed by atoms with Crippen molar-refractivity contribution >= 4 is 29.3 Å². The fourth-order valence-corrected chi connectivity index (χ4v) is 3.96. The van der Waals surface area contributed by atoms with Crippen molar-refractivity contribution in [3.8, 4) is 0 Å². The van der Waals surface area contributed by atoms with E-state index < -0.39 is 0 Å². The van der Waals surface area contributed by atoms with E-state index in [1.54, 1.807) is 0 Å². The van der Waals surface area contributed by atoms with Crippen LogP contribution in [0.2, 0.25) is 18.1 Å². The molecule has 2 atom stereocenters. The summed E-state index contributed by atoms with van der Waals surface area (Å²) in [6.07, 6.45) is 7.60. The van der Waals surface area contributed by atoms with Crippen LogP contribution in [-0.2, 0) is 13.3 Å². The van der Waals surface area contributed by atoms with Gasteiger partial charge in [-0.05, 0) is 31.0 Å². The van der Waals surface area contributed by atoms with Crippen LogP contribution in [-0.4, -0.2) is 47.6 Å². The van der Waals surface area contributed by atoms with Crippen molar-refractivity contribution in [2.45, 2.75) is 63.1 Å². The third kappa shape index (κ3) is 9.70. The summed E-state index contributed by atoms with van der Waals surface area (Å²) in [5.74, 6) is 0. The van der Waals surface area contributed by atoms with Crippen molar-refractivity contribution in [3.63, 3.8) is 0 Å². The lowest BCUT2D eigenvalue weighted by molar-refractivity contribution is -0.0217. The Hall–Kier alpha value is -0.249. The summed E-state index contributed by atoms with van der Waals surface area (Å²) in [4.78, 5) is 0. The first-order valence-electron chi connectivity index (χ1n) is 7.73. The summed E-state index contributed by atoms with van der Waals surface area (Å²) in [7, 11) is 1.26. The Morgan fingerprint density at radius 1 is 0.727 bits per heavy atom. The van der Waals surface area contributed by atoms with Crippen molar-refractivity contribution in [1.82, 2.24) is 0 Å². The lowest BCUT2D eigenvalue weighted by atomic mass is 10.0. The molecule has 0 bridgehead atoms. The molecule has 0 aliphatic heterocycles. The van der Waals surface area contributed by atoms with Gasteiger partial charge in [-0.1, -0.05) is 32.1 Å². The maximum absolute atomic E-state index is 6.11. The number of rotatable bonds is 16. The lowest BCUT2D eigenvalue weighted by Gasteiger charge is -2.33. The average molecular weight is 353 g/mol. The smallest absolute Gasteiger partial charge is 0.234 e. The molecule has 0 saturated carbocycles. The minimum absolute atomic E-state index is 0.0251. The van der Waals surface area contributed by atoms with E-state index in [2.05, 4.69) is 33.6 Å². The van der Waals surface area contributed by atoms with Crippen molar-refractivity contribution in [2.24, 2.45) is 0 Å². The van der Waals surface area contributed by atoms with Gasteiger partial charge in [0.05, 0.1) is 18.3 Å². The molecule has 0 aliphatic carbocycles. The highest BCUT2D eigenvalue weighted by Gasteiger charge is 2.29. The first-order valence-corrected chi connectivity index (χ1v) is 11.1. The molecule has 0 rings (SSSR count). The van der Waals surface area contributed by atoms with Crippen LogP contribution in [0.5, 0.6) is 0 Å². The van der Waals surface area contributed by atoms with Crippen molar-refractivity contribution in [2.75, 3.05) is 0 Å². The zero-order chi connectivity index (χ0) is 16.6. The van der Waals surface area contributed by atoms with Crippen LogP contribution in [0.15, 0.2) is 38.0 Å². The van der Waals surface area contributed by atoms with E-state index in [0.717, 1.165) is 31.0 Å². The Kier molecular flexibility index (Phi) is 15.5. The summed E-state index contributed by atoms with van der Waals surface area (Å²) in [5.41, 5.74) is 0. The maximum atomic E-state index is 6.11. The molecule has 0 heterocycles. The van der Waals surface area contributed by atoms with Crippen LogP contribution in [0.1, 0.15) is 26.7 Å². The largest absolute Gasteiger partial charge is 0.412 e. The van der Waals surface area contributed by atoms with Gasteiger partial charge in [-0.25, -0.2) is 0 Å². The van der Waals surface area contributed by atoms with Gasteiger partial charge in [-0.2, -0.15) is 0 Å². The van der Waals surface area contributed by atoms with E-state index in [1.165, 1.54) is 0 Å². The molecule has 22 heavy (non-hydrogen) atoms. The minimum atomic E-state index is -0.0251. The van der Waals surface area contributed by atoms with Crippen molar-refractivity contribution in [1.29, 1.82) is 0 Å². The van der Waals surface area contributed by atoms with Crippen LogP contribution < -0.4 is 0 Å². The van der Waals surface area contributed by atoms with Crippen molar-refractivity contribution < 1.29 is 13.3 Å². The average Bonchev–Trinajstić information content (AvgIpc) is 2.54. The van der Waals surface area contributed by atoms with Gasteiger partial charge in [0.15, 0.2) is 0 Å². The Morgan fingerprint density at radius 2 is 1.09 bits per heavy atom. The normalized spacial score (nSPS) is 15.0. The van der Waals surface area contributed by atoms with E-state index in [9.17, 15) is 0 Å². The molecule has 0 amide bonds. The van der Waals surface area contributed by atoms with Crippen LogP contribution in [0.25, 0.3) is 0 Å². The lowest BCUT2D eigenvalue weighted by Crippen LogP contribution is -2.44. The molecule has 0 aromatic carbocycles. The molecular formula is C16H28O3Si3. The third-order valence-corrected chi connectivity index (χ3v) is 5.65. The molecule has 122 valence electrons. The van der Waals surface area contributed by atoms with E-state index in [-0.39, 0.29) is 18.3 Å². The monoisotopic (exact) mass is 352 g/mol. The molecule has 6 heteroatoms. The maximum Gasteiger partial charge on any atom is 0.234 e. The summed E-state index contributed by atoms with van der Waals surface area (Å²) >= 11 is 0. The number of hydrogen-bond acceptors (Lipinski definition) is 3. The van der Waals surface area contributed by atoms with Gasteiger partial charge in [0.1, 0.15) is 0 Å². The van der Waals surface area contributed by atoms with Gasteiger partial charge in [0, 0.05) is 0 Å². The van der Waals surface area contributed by atoms with Crippen LogP contribution >= 0.6 is 0 Å². The molecule has 6 radical (unpaired) electrons. The second-order valence-corrected chi connectivity index (χ2v) is 7.42. The number of allylic oxidation sites excluding steroid dienone is 3. The van der Waals surface area contributed by atoms with E-state index in [1.807, 2.05) is 18.2 Å². The number of hydrogen-bond donors (Lipinski definition) is 0. The fraction of sp³-hybridized carbons (Fsp3) is 0.625. The zero-order valence-corrected chi connectivity index (χ0v) is 16.8. The first-order chi connectivity index (χ1) is 10.7. The van der Waals surface area contributed by atoms with Gasteiger partial charge in [0.25, 0.3) is 0 Å². The molecule has 0 saturated heterocycles. The highest BCUT2D eigenvalue weighted by atomic mass is 28.2. The molecule has 3 nitrogen and oxygen atoms in total. The highest BCUT2D eigenvalue weighted by molar-refractivity contribution is 6.29. The van der Waals surface area contributed by atoms with Gasteiger partial charge < -0.3 is 13.3 Å². The Labute approximate surface area is 144 Å². The Morgan fingerprint density at radius 3 is 1.41 bits per heavy atom. The van der Waals surface area contributed by atoms with Crippen LogP contribution in [0.3, 0.4) is 0 Å². The van der Waals surface area contributed by atoms with Gasteiger partial charge in [-0.3, -0.25) is 0 Å². The summed E-state index contributed by atoms with van der Waals surface area (Å²) < 4.78 is 18.2. The van der Waals surface area contributed by atoms with E-state index in [4.69, 9.17) is 13.3 Å². The summed E-state index contributed by atoms with van der Waals surface area (Å²) in [6, 6.07) is 2.63. The predicted molar refractivity (Wildman–Crippen MR) is 97.5 cm³/mol. The second-order valence-electron chi connectivity index (χ2n) is 4.62. The van der Waals surface area contributed by atoms with Gasteiger partial charge >= 0.3 is 0 Å². The standard InChI is InChI=1S/C16H28O3Si3/c1-6-11-20-17-14(9-4)16(19-22-13-8-3)15(10-5)18-21-12-7-2/h6-8,14-16H,1-3,9-13H2,4-5H3. The quantitative estimate of drug-likeness (QED) is 0.241. The Bertz CT molecular complexity index is 278. The Balaban J connectivity index is 4.72. The molecule has 0 aliphatic rings. The minimum Gasteiger partial charge on any atom is -0.412 e. The molecule has 0 fully saturated rings. The molecule has 0 N–H and O–H groups in total. The molecule has 0 aromatic heterocycles. The fourth-order valence-electron chi connectivity index (χ4n) is 1.79. The van der Waals surface area contributed by atoms with Crippen LogP contribution in [0.4, 0.5) is 0 Å². The predicted octanol–water partition coefficient (Wildman–Crippen LogP) is 3.63. The second kappa shape index (κ2) is 15.6. The van der Waals surface area contributed by atoms with Gasteiger partial charge in [0.2, 0.25) is 29.3 Å². The molecular weight excluding hydrogens is 324 g/mol. The molecule has 0 aromatic rings. The SMILES string of the molecule is C=CC[Si]OC(CC)C(O[Si]CC=C)C(CC)O[Si]CC=C. The van der Waals surface area contributed by atoms with Gasteiger partial charge in [-0.15, -0.1) is 19.7 Å². The van der Waals surface area contributed by atoms with E-state index >= 15 is 0 Å². The third-order valence-electron chi connectivity index (χ3n) is 2.91. The molecule has 0 spiro atoms. The highest BCUT2D eigenvalue weighted by Crippen LogP contribution is 2.18. The summed E-state index contributed by atoms with van der Waals surface area (Å²) in [5, 5.41) is 0. The topological polar surface area (TPSA) is 27.7 Å². The van der Waals surface area contributed by atoms with Crippen LogP contribution in [0, 0.1) is 0 Å². The van der Waals surface area contributed by atoms with E-state index in [0.29, 0.717) is 29.3 Å². The zero-order valence-electron chi connectivity index (χ0n) is 13.8. The first kappa shape index (κ1) is 21.8. The molecule has 2 unspecified atom stereocenters. The van der Waals surface area contributed by atoms with Crippen molar-refractivity contribution in [3.05, 3.63) is 38.0 Å².